The molecule has 2 aromatic carbocycles. The minimum atomic E-state index is -1.50. The van der Waals surface area contributed by atoms with Gasteiger partial charge >= 0.3 is 17.9 Å². The number of alkyl halides is 1. The van der Waals surface area contributed by atoms with Crippen LogP contribution in [0, 0.1) is 0 Å². The molecule has 0 aliphatic carbocycles. The normalized spacial score (nSPS) is 18.2. The lowest BCUT2D eigenvalue weighted by molar-refractivity contribution is -0.150. The number of cyclic esters (lactones) is 1. The highest BCUT2D eigenvalue weighted by Crippen LogP contribution is 2.44. The molecule has 2 aromatic rings. The first kappa shape index (κ1) is 21.8. The molecule has 0 N–H and O–H groups in total. The molecule has 30 heavy (non-hydrogen) atoms. The summed E-state index contributed by atoms with van der Waals surface area (Å²) in [7, 11) is 0. The van der Waals surface area contributed by atoms with Gasteiger partial charge in [0.05, 0.1) is 18.5 Å². The van der Waals surface area contributed by atoms with Crippen LogP contribution in [-0.2, 0) is 34.2 Å². The number of halogens is 1. The Morgan fingerprint density at radius 2 is 1.47 bits per heavy atom. The maximum atomic E-state index is 12.8. The van der Waals surface area contributed by atoms with E-state index in [1.807, 2.05) is 42.5 Å². The van der Waals surface area contributed by atoms with Crippen molar-refractivity contribution in [1.82, 2.24) is 0 Å². The fourth-order valence-electron chi connectivity index (χ4n) is 3.36. The number of ether oxygens (including phenoxy) is 3. The molecule has 0 saturated heterocycles. The van der Waals surface area contributed by atoms with Gasteiger partial charge in [0.25, 0.3) is 0 Å². The predicted molar refractivity (Wildman–Crippen MR) is 114 cm³/mol. The maximum absolute atomic E-state index is 12.8. The molecule has 3 rings (SSSR count). The molecule has 6 nitrogen and oxygen atoms in total. The highest BCUT2D eigenvalue weighted by Gasteiger charge is 2.54. The lowest BCUT2D eigenvalue weighted by Crippen LogP contribution is -2.35. The van der Waals surface area contributed by atoms with Crippen LogP contribution in [0.15, 0.2) is 65.7 Å². The smallest absolute Gasteiger partial charge is 0.347 e. The third-order valence-electron chi connectivity index (χ3n) is 4.73. The minimum absolute atomic E-state index is 0.0544. The monoisotopic (exact) mass is 472 g/mol. The molecule has 1 atom stereocenters. The van der Waals surface area contributed by atoms with Crippen LogP contribution in [-0.4, -0.2) is 36.5 Å². The standard InChI is InChI=1S/C23H21BrO6/c1-3-28-20(25)18-19(22(27)29-4-2)23(14-24,30-21(18)26)17-12-10-16(11-13-17)15-8-6-5-7-9-15/h5-13H,3-4,14H2,1-2H3. The number of carbonyl (C=O) groups excluding carboxylic acids is 3. The van der Waals surface area contributed by atoms with E-state index < -0.39 is 29.1 Å². The summed E-state index contributed by atoms with van der Waals surface area (Å²) < 4.78 is 15.8. The van der Waals surface area contributed by atoms with Crippen LogP contribution in [0.2, 0.25) is 0 Å². The second-order valence-electron chi connectivity index (χ2n) is 6.48. The fourth-order valence-corrected chi connectivity index (χ4v) is 4.08. The first-order valence-electron chi connectivity index (χ1n) is 9.52. The van der Waals surface area contributed by atoms with Crippen molar-refractivity contribution in [1.29, 1.82) is 0 Å². The van der Waals surface area contributed by atoms with Gasteiger partial charge in [0.1, 0.15) is 5.57 Å². The van der Waals surface area contributed by atoms with Gasteiger partial charge in [-0.25, -0.2) is 14.4 Å². The summed E-state index contributed by atoms with van der Waals surface area (Å²) >= 11 is 3.37. The van der Waals surface area contributed by atoms with Gasteiger partial charge in [0.2, 0.25) is 0 Å². The van der Waals surface area contributed by atoms with Gasteiger partial charge in [-0.05, 0) is 25.0 Å². The summed E-state index contributed by atoms with van der Waals surface area (Å²) in [6, 6.07) is 17.0. The van der Waals surface area contributed by atoms with Crippen molar-refractivity contribution < 1.29 is 28.6 Å². The van der Waals surface area contributed by atoms with Crippen LogP contribution in [0.4, 0.5) is 0 Å². The summed E-state index contributed by atoms with van der Waals surface area (Å²) in [6.45, 7) is 3.39. The highest BCUT2D eigenvalue weighted by atomic mass is 79.9. The third kappa shape index (κ3) is 3.89. The molecule has 0 aromatic heterocycles. The van der Waals surface area contributed by atoms with E-state index in [0.717, 1.165) is 11.1 Å². The Bertz CT molecular complexity index is 981. The maximum Gasteiger partial charge on any atom is 0.347 e. The Morgan fingerprint density at radius 3 is 2.03 bits per heavy atom. The zero-order valence-corrected chi connectivity index (χ0v) is 18.2. The first-order chi connectivity index (χ1) is 14.5. The average molecular weight is 473 g/mol. The molecule has 0 amide bonds. The van der Waals surface area contributed by atoms with Gasteiger partial charge in [0, 0.05) is 5.56 Å². The van der Waals surface area contributed by atoms with E-state index in [1.54, 1.807) is 26.0 Å². The van der Waals surface area contributed by atoms with Gasteiger partial charge < -0.3 is 14.2 Å². The van der Waals surface area contributed by atoms with E-state index in [4.69, 9.17) is 14.2 Å². The fraction of sp³-hybridized carbons (Fsp3) is 0.261. The van der Waals surface area contributed by atoms with Crippen molar-refractivity contribution in [3.05, 3.63) is 71.3 Å². The number of benzene rings is 2. The van der Waals surface area contributed by atoms with Gasteiger partial charge in [-0.1, -0.05) is 70.5 Å². The Labute approximate surface area is 183 Å². The molecule has 0 fully saturated rings. The molecular weight excluding hydrogens is 452 g/mol. The van der Waals surface area contributed by atoms with Gasteiger partial charge in [-0.3, -0.25) is 0 Å². The molecule has 1 aliphatic rings. The van der Waals surface area contributed by atoms with Gasteiger partial charge in [-0.2, -0.15) is 0 Å². The Kier molecular flexibility index (Phi) is 6.72. The van der Waals surface area contributed by atoms with Crippen LogP contribution in [0.5, 0.6) is 0 Å². The van der Waals surface area contributed by atoms with Crippen LogP contribution in [0.1, 0.15) is 19.4 Å². The lowest BCUT2D eigenvalue weighted by atomic mass is 9.85. The predicted octanol–water partition coefficient (Wildman–Crippen LogP) is 3.92. The van der Waals surface area contributed by atoms with Gasteiger partial charge in [0.15, 0.2) is 11.2 Å². The van der Waals surface area contributed by atoms with Crippen molar-refractivity contribution in [2.75, 3.05) is 18.5 Å². The van der Waals surface area contributed by atoms with Crippen molar-refractivity contribution >= 4 is 33.8 Å². The SMILES string of the molecule is CCOC(=O)C1=C(C(=O)OCC)C(CBr)(c2ccc(-c3ccccc3)cc2)OC1=O. The zero-order valence-electron chi connectivity index (χ0n) is 16.6. The zero-order chi connectivity index (χ0) is 21.7. The summed E-state index contributed by atoms with van der Waals surface area (Å²) in [5.74, 6) is -2.62. The van der Waals surface area contributed by atoms with Crippen molar-refractivity contribution in [3.63, 3.8) is 0 Å². The van der Waals surface area contributed by atoms with Crippen LogP contribution in [0.3, 0.4) is 0 Å². The summed E-state index contributed by atoms with van der Waals surface area (Å²) in [5.41, 5.74) is 0.434. The Morgan fingerprint density at radius 1 is 0.900 bits per heavy atom. The van der Waals surface area contributed by atoms with E-state index in [2.05, 4.69) is 15.9 Å². The second-order valence-corrected chi connectivity index (χ2v) is 7.05. The van der Waals surface area contributed by atoms with Crippen molar-refractivity contribution in [3.8, 4) is 11.1 Å². The molecule has 0 bridgehead atoms. The van der Waals surface area contributed by atoms with Crippen LogP contribution < -0.4 is 0 Å². The first-order valence-corrected chi connectivity index (χ1v) is 10.6. The summed E-state index contributed by atoms with van der Waals surface area (Å²) in [5, 5.41) is 0.0630. The lowest BCUT2D eigenvalue weighted by Gasteiger charge is -2.28. The number of hydrogen-bond donors (Lipinski definition) is 0. The summed E-state index contributed by atoms with van der Waals surface area (Å²) in [6.07, 6.45) is 0. The average Bonchev–Trinajstić information content (AvgIpc) is 3.08. The summed E-state index contributed by atoms with van der Waals surface area (Å²) in [4.78, 5) is 37.9. The van der Waals surface area contributed by atoms with Crippen molar-refractivity contribution in [2.24, 2.45) is 0 Å². The molecule has 7 heteroatoms. The number of esters is 3. The molecule has 1 unspecified atom stereocenters. The van der Waals surface area contributed by atoms with E-state index in [9.17, 15) is 14.4 Å². The molecule has 0 spiro atoms. The molecule has 1 heterocycles. The van der Waals surface area contributed by atoms with Crippen LogP contribution in [0.25, 0.3) is 11.1 Å². The quantitative estimate of drug-likeness (QED) is 0.263. The largest absolute Gasteiger partial charge is 0.462 e. The second kappa shape index (κ2) is 9.26. The molecule has 0 saturated carbocycles. The number of rotatable bonds is 7. The molecule has 0 radical (unpaired) electrons. The van der Waals surface area contributed by atoms with E-state index >= 15 is 0 Å². The van der Waals surface area contributed by atoms with Crippen LogP contribution >= 0.6 is 15.9 Å². The Hall–Kier alpha value is -2.93. The highest BCUT2D eigenvalue weighted by molar-refractivity contribution is 9.09. The minimum Gasteiger partial charge on any atom is -0.462 e. The third-order valence-corrected chi connectivity index (χ3v) is 5.52. The van der Waals surface area contributed by atoms with Crippen molar-refractivity contribution in [2.45, 2.75) is 19.4 Å². The molecular formula is C23H21BrO6. The number of hydrogen-bond acceptors (Lipinski definition) is 6. The molecule has 156 valence electrons. The van der Waals surface area contributed by atoms with E-state index in [1.165, 1.54) is 0 Å². The van der Waals surface area contributed by atoms with Gasteiger partial charge in [-0.15, -0.1) is 0 Å². The van der Waals surface area contributed by atoms with E-state index in [0.29, 0.717) is 5.56 Å². The topological polar surface area (TPSA) is 78.9 Å². The Balaban J connectivity index is 2.12. The molecule has 1 aliphatic heterocycles. The van der Waals surface area contributed by atoms with E-state index in [-0.39, 0.29) is 24.1 Å². The number of carbonyl (C=O) groups is 3.